The number of rotatable bonds is 5. The summed E-state index contributed by atoms with van der Waals surface area (Å²) in [4.78, 5) is 0. The van der Waals surface area contributed by atoms with Crippen molar-refractivity contribution in [3.8, 4) is 0 Å². The maximum Gasteiger partial charge on any atom is 0.0847 e. The quantitative estimate of drug-likeness (QED) is 0.649. The van der Waals surface area contributed by atoms with Crippen molar-refractivity contribution in [3.05, 3.63) is 34.3 Å². The van der Waals surface area contributed by atoms with Gasteiger partial charge >= 0.3 is 0 Å². The molecule has 0 aromatic heterocycles. The van der Waals surface area contributed by atoms with E-state index in [9.17, 15) is 0 Å². The van der Waals surface area contributed by atoms with E-state index in [1.54, 1.807) is 7.11 Å². The van der Waals surface area contributed by atoms with Crippen molar-refractivity contribution in [2.45, 2.75) is 43.7 Å². The molecule has 1 aliphatic rings. The summed E-state index contributed by atoms with van der Waals surface area (Å²) in [6, 6.07) is 8.57. The van der Waals surface area contributed by atoms with Gasteiger partial charge < -0.3 is 4.74 Å². The summed E-state index contributed by atoms with van der Waals surface area (Å²) in [7, 11) is 1.80. The molecule has 100 valence electrons. The molecule has 4 heteroatoms. The minimum absolute atomic E-state index is 0.0954. The number of hydrogen-bond acceptors (Lipinski definition) is 3. The molecule has 0 amide bonds. The molecule has 0 heterocycles. The molecule has 1 aromatic rings. The van der Waals surface area contributed by atoms with E-state index in [-0.39, 0.29) is 11.6 Å². The molecule has 0 aliphatic heterocycles. The highest BCUT2D eigenvalue weighted by Gasteiger charge is 2.41. The molecule has 18 heavy (non-hydrogen) atoms. The molecule has 1 atom stereocenters. The predicted molar refractivity (Wildman–Crippen MR) is 77.2 cm³/mol. The molecule has 0 radical (unpaired) electrons. The summed E-state index contributed by atoms with van der Waals surface area (Å²) in [5, 5.41) is 0. The van der Waals surface area contributed by atoms with Gasteiger partial charge in [-0.15, -0.1) is 0 Å². The van der Waals surface area contributed by atoms with Gasteiger partial charge in [-0.3, -0.25) is 11.3 Å². The number of nitrogens with one attached hydrogen (secondary N) is 1. The van der Waals surface area contributed by atoms with Crippen LogP contribution in [0.25, 0.3) is 0 Å². The molecule has 1 aliphatic carbocycles. The third-order valence-electron chi connectivity index (χ3n) is 4.05. The fourth-order valence-corrected chi connectivity index (χ4v) is 3.19. The van der Waals surface area contributed by atoms with E-state index in [4.69, 9.17) is 10.6 Å². The lowest BCUT2D eigenvalue weighted by molar-refractivity contribution is -0.0355. The summed E-state index contributed by atoms with van der Waals surface area (Å²) in [6.07, 6.45) is 5.54. The van der Waals surface area contributed by atoms with Gasteiger partial charge in [0.1, 0.15) is 0 Å². The Hall–Kier alpha value is -0.420. The molecule has 0 bridgehead atoms. The number of hydrogen-bond donors (Lipinski definition) is 2. The molecule has 2 rings (SSSR count). The zero-order chi connectivity index (χ0) is 13.0. The smallest absolute Gasteiger partial charge is 0.0847 e. The van der Waals surface area contributed by atoms with Crippen molar-refractivity contribution in [2.75, 3.05) is 7.11 Å². The number of nitrogens with two attached hydrogens (primary N) is 1. The number of benzene rings is 1. The van der Waals surface area contributed by atoms with Gasteiger partial charge in [0, 0.05) is 11.6 Å². The minimum atomic E-state index is -0.0954. The molecular weight excluding hydrogens is 292 g/mol. The summed E-state index contributed by atoms with van der Waals surface area (Å²) in [6.45, 7) is 0. The molecule has 1 aromatic carbocycles. The number of halogens is 1. The van der Waals surface area contributed by atoms with Crippen molar-refractivity contribution < 1.29 is 4.74 Å². The first-order valence-electron chi connectivity index (χ1n) is 6.46. The molecule has 1 unspecified atom stereocenters. The third-order valence-corrected chi connectivity index (χ3v) is 4.57. The van der Waals surface area contributed by atoms with Gasteiger partial charge in [-0.05, 0) is 37.0 Å². The second-order valence-electron chi connectivity index (χ2n) is 5.03. The molecule has 3 nitrogen and oxygen atoms in total. The normalized spacial score (nSPS) is 19.9. The topological polar surface area (TPSA) is 47.3 Å². The average Bonchev–Trinajstić information content (AvgIpc) is 2.88. The minimum Gasteiger partial charge on any atom is -0.377 e. The molecule has 1 saturated carbocycles. The van der Waals surface area contributed by atoms with Crippen molar-refractivity contribution in [1.82, 2.24) is 5.43 Å². The van der Waals surface area contributed by atoms with E-state index in [0.29, 0.717) is 0 Å². The van der Waals surface area contributed by atoms with Gasteiger partial charge in [0.05, 0.1) is 11.6 Å². The van der Waals surface area contributed by atoms with Crippen LogP contribution < -0.4 is 11.3 Å². The van der Waals surface area contributed by atoms with E-state index < -0.39 is 0 Å². The maximum absolute atomic E-state index is 5.80. The summed E-state index contributed by atoms with van der Waals surface area (Å²) < 4.78 is 6.90. The van der Waals surface area contributed by atoms with Gasteiger partial charge in [-0.25, -0.2) is 0 Å². The van der Waals surface area contributed by atoms with E-state index in [1.807, 2.05) is 0 Å². The molecule has 3 N–H and O–H groups in total. The van der Waals surface area contributed by atoms with Crippen LogP contribution in [0.4, 0.5) is 0 Å². The van der Waals surface area contributed by atoms with Crippen molar-refractivity contribution >= 4 is 15.9 Å². The van der Waals surface area contributed by atoms with E-state index >= 15 is 0 Å². The van der Waals surface area contributed by atoms with Crippen molar-refractivity contribution in [1.29, 1.82) is 0 Å². The highest BCUT2D eigenvalue weighted by molar-refractivity contribution is 9.10. The molecule has 1 fully saturated rings. The number of methoxy groups -OCH3 is 1. The lowest BCUT2D eigenvalue weighted by atomic mass is 9.88. The van der Waals surface area contributed by atoms with E-state index in [0.717, 1.165) is 23.7 Å². The van der Waals surface area contributed by atoms with Gasteiger partial charge in [0.15, 0.2) is 0 Å². The lowest BCUT2D eigenvalue weighted by Crippen LogP contribution is -2.54. The van der Waals surface area contributed by atoms with Crippen LogP contribution in [-0.2, 0) is 11.2 Å². The van der Waals surface area contributed by atoms with Gasteiger partial charge in [-0.2, -0.15) is 0 Å². The Labute approximate surface area is 117 Å². The van der Waals surface area contributed by atoms with Crippen LogP contribution in [0.1, 0.15) is 31.2 Å². The average molecular weight is 313 g/mol. The van der Waals surface area contributed by atoms with Crippen molar-refractivity contribution in [3.63, 3.8) is 0 Å². The first-order chi connectivity index (χ1) is 8.70. The number of hydrazine groups is 1. The van der Waals surface area contributed by atoms with E-state index in [2.05, 4.69) is 45.6 Å². The van der Waals surface area contributed by atoms with Crippen LogP contribution in [-0.4, -0.2) is 18.8 Å². The first kappa shape index (κ1) is 14.0. The van der Waals surface area contributed by atoms with Crippen LogP contribution in [0.15, 0.2) is 28.7 Å². The SMILES string of the molecule is COC1(C(Cc2ccc(Br)cc2)NN)CCCC1. The van der Waals surface area contributed by atoms with Crippen LogP contribution in [0.3, 0.4) is 0 Å². The monoisotopic (exact) mass is 312 g/mol. The Bertz CT molecular complexity index is 374. The molecule has 0 spiro atoms. The van der Waals surface area contributed by atoms with Crippen LogP contribution in [0.5, 0.6) is 0 Å². The third kappa shape index (κ3) is 2.94. The Kier molecular flexibility index (Phi) is 4.78. The second kappa shape index (κ2) is 6.15. The standard InChI is InChI=1S/C14H21BrN2O/c1-18-14(8-2-3-9-14)13(17-16)10-11-4-6-12(15)7-5-11/h4-7,13,17H,2-3,8-10,16H2,1H3. The number of ether oxygens (including phenoxy) is 1. The maximum atomic E-state index is 5.80. The fraction of sp³-hybridized carbons (Fsp3) is 0.571. The Balaban J connectivity index is 2.11. The van der Waals surface area contributed by atoms with Crippen LogP contribution in [0, 0.1) is 0 Å². The zero-order valence-corrected chi connectivity index (χ0v) is 12.4. The van der Waals surface area contributed by atoms with Crippen LogP contribution in [0.2, 0.25) is 0 Å². The summed E-state index contributed by atoms with van der Waals surface area (Å²) in [5.41, 5.74) is 4.15. The van der Waals surface area contributed by atoms with Gasteiger partial charge in [0.25, 0.3) is 0 Å². The lowest BCUT2D eigenvalue weighted by Gasteiger charge is -2.36. The Morgan fingerprint density at radius 2 is 1.94 bits per heavy atom. The zero-order valence-electron chi connectivity index (χ0n) is 10.8. The summed E-state index contributed by atoms with van der Waals surface area (Å²) in [5.74, 6) is 5.75. The fourth-order valence-electron chi connectivity index (χ4n) is 2.92. The van der Waals surface area contributed by atoms with Crippen LogP contribution >= 0.6 is 15.9 Å². The largest absolute Gasteiger partial charge is 0.377 e. The Morgan fingerprint density at radius 1 is 1.33 bits per heavy atom. The summed E-state index contributed by atoms with van der Waals surface area (Å²) >= 11 is 3.45. The predicted octanol–water partition coefficient (Wildman–Crippen LogP) is 2.78. The molecular formula is C14H21BrN2O. The Morgan fingerprint density at radius 3 is 2.44 bits per heavy atom. The van der Waals surface area contributed by atoms with E-state index in [1.165, 1.54) is 18.4 Å². The highest BCUT2D eigenvalue weighted by Crippen LogP contribution is 2.36. The van der Waals surface area contributed by atoms with Gasteiger partial charge in [0.2, 0.25) is 0 Å². The van der Waals surface area contributed by atoms with Crippen molar-refractivity contribution in [2.24, 2.45) is 5.84 Å². The van der Waals surface area contributed by atoms with Gasteiger partial charge in [-0.1, -0.05) is 40.9 Å². The molecule has 0 saturated heterocycles. The second-order valence-corrected chi connectivity index (χ2v) is 5.94. The highest BCUT2D eigenvalue weighted by atomic mass is 79.9. The first-order valence-corrected chi connectivity index (χ1v) is 7.25.